The molecule has 6 N–H and O–H groups in total. The highest BCUT2D eigenvalue weighted by molar-refractivity contribution is 5.69. The Balaban J connectivity index is 2.03. The molecule has 2 fully saturated rings. The van der Waals surface area contributed by atoms with Crippen LogP contribution in [0.3, 0.4) is 0 Å². The van der Waals surface area contributed by atoms with Gasteiger partial charge in [0.05, 0.1) is 0 Å². The predicted octanol–water partition coefficient (Wildman–Crippen LogP) is -2.70. The van der Waals surface area contributed by atoms with E-state index in [9.17, 15) is 40.2 Å². The zero-order valence-electron chi connectivity index (χ0n) is 18.6. The third kappa shape index (κ3) is 7.28. The molecule has 2 heterocycles. The molecule has 0 aromatic rings. The molecule has 2 rings (SSSR count). The number of aliphatic hydroxyl groups is 6. The molecule has 2 aliphatic heterocycles. The molecule has 2 aliphatic rings. The van der Waals surface area contributed by atoms with Crippen LogP contribution in [0.1, 0.15) is 39.5 Å². The van der Waals surface area contributed by atoms with Crippen LogP contribution < -0.4 is 0 Å². The fraction of sp³-hybridized carbons (Fsp3) is 0.900. The van der Waals surface area contributed by atoms with Crippen LogP contribution >= 0.6 is 0 Å². The molecule has 0 amide bonds. The molecule has 192 valence electrons. The normalized spacial score (nSPS) is 39.2. The summed E-state index contributed by atoms with van der Waals surface area (Å²) in [5.41, 5.74) is 0. The lowest BCUT2D eigenvalue weighted by atomic mass is 9.98. The second-order valence-corrected chi connectivity index (χ2v) is 8.03. The van der Waals surface area contributed by atoms with E-state index in [-0.39, 0.29) is 12.8 Å². The number of rotatable bonds is 10. The maximum atomic E-state index is 11.6. The number of carbonyl (C=O) groups excluding carboxylic acids is 2. The topological polar surface area (TPSA) is 202 Å². The van der Waals surface area contributed by atoms with Gasteiger partial charge in [-0.1, -0.05) is 13.8 Å². The van der Waals surface area contributed by atoms with Gasteiger partial charge in [0.1, 0.15) is 62.0 Å². The Morgan fingerprint density at radius 2 is 1.00 bits per heavy atom. The highest BCUT2D eigenvalue weighted by Gasteiger charge is 2.50. The first-order valence-electron chi connectivity index (χ1n) is 11.0. The minimum Gasteiger partial charge on any atom is -0.463 e. The van der Waals surface area contributed by atoms with E-state index in [0.29, 0.717) is 12.8 Å². The molecule has 0 spiro atoms. The summed E-state index contributed by atoms with van der Waals surface area (Å²) in [7, 11) is 0. The highest BCUT2D eigenvalue weighted by Crippen LogP contribution is 2.28. The van der Waals surface area contributed by atoms with Crippen molar-refractivity contribution in [1.82, 2.24) is 0 Å². The highest BCUT2D eigenvalue weighted by atomic mass is 16.8. The maximum Gasteiger partial charge on any atom is 0.305 e. The molecule has 13 nitrogen and oxygen atoms in total. The van der Waals surface area contributed by atoms with Gasteiger partial charge in [-0.15, -0.1) is 0 Å². The van der Waals surface area contributed by atoms with Crippen LogP contribution in [0.5, 0.6) is 0 Å². The second-order valence-electron chi connectivity index (χ2n) is 8.03. The van der Waals surface area contributed by atoms with E-state index in [1.54, 1.807) is 13.8 Å². The maximum absolute atomic E-state index is 11.6. The van der Waals surface area contributed by atoms with Gasteiger partial charge < -0.3 is 54.3 Å². The first kappa shape index (κ1) is 27.8. The first-order chi connectivity index (χ1) is 15.6. The van der Waals surface area contributed by atoms with Crippen molar-refractivity contribution in [2.24, 2.45) is 0 Å². The summed E-state index contributed by atoms with van der Waals surface area (Å²) in [6, 6.07) is 0. The molecule has 0 aromatic carbocycles. The molecule has 2 saturated heterocycles. The average molecular weight is 482 g/mol. The molecule has 10 atom stereocenters. The van der Waals surface area contributed by atoms with Gasteiger partial charge in [0, 0.05) is 12.8 Å². The Labute approximate surface area is 190 Å². The Hall–Kier alpha value is -1.42. The van der Waals surface area contributed by atoms with Crippen LogP contribution in [0, 0.1) is 0 Å². The van der Waals surface area contributed by atoms with Gasteiger partial charge in [0.15, 0.2) is 12.6 Å². The largest absolute Gasteiger partial charge is 0.463 e. The van der Waals surface area contributed by atoms with Crippen molar-refractivity contribution in [3.8, 4) is 0 Å². The Morgan fingerprint density at radius 1 is 0.636 bits per heavy atom. The van der Waals surface area contributed by atoms with Crippen LogP contribution in [0.15, 0.2) is 0 Å². The molecule has 0 bridgehead atoms. The monoisotopic (exact) mass is 482 g/mol. The van der Waals surface area contributed by atoms with E-state index < -0.39 is 86.6 Å². The summed E-state index contributed by atoms with van der Waals surface area (Å²) >= 11 is 0. The smallest absolute Gasteiger partial charge is 0.305 e. The summed E-state index contributed by atoms with van der Waals surface area (Å²) in [6.45, 7) is 2.68. The van der Waals surface area contributed by atoms with Crippen molar-refractivity contribution in [2.45, 2.75) is 101 Å². The summed E-state index contributed by atoms with van der Waals surface area (Å²) in [4.78, 5) is 23.2. The van der Waals surface area contributed by atoms with E-state index in [4.69, 9.17) is 23.7 Å². The second kappa shape index (κ2) is 12.9. The van der Waals surface area contributed by atoms with Gasteiger partial charge >= 0.3 is 11.9 Å². The zero-order valence-corrected chi connectivity index (χ0v) is 18.6. The minimum absolute atomic E-state index is 0.139. The van der Waals surface area contributed by atoms with Gasteiger partial charge in [-0.25, -0.2) is 0 Å². The van der Waals surface area contributed by atoms with Gasteiger partial charge in [-0.2, -0.15) is 0 Å². The van der Waals surface area contributed by atoms with E-state index in [2.05, 4.69) is 0 Å². The van der Waals surface area contributed by atoms with Crippen molar-refractivity contribution in [2.75, 3.05) is 13.2 Å². The molecular formula is C20H34O13. The van der Waals surface area contributed by atoms with Gasteiger partial charge in [-0.3, -0.25) is 9.59 Å². The van der Waals surface area contributed by atoms with Crippen molar-refractivity contribution < 1.29 is 63.9 Å². The third-order valence-corrected chi connectivity index (χ3v) is 5.33. The van der Waals surface area contributed by atoms with Crippen molar-refractivity contribution >= 4 is 11.9 Å². The summed E-state index contributed by atoms with van der Waals surface area (Å²) in [6.07, 6.45) is -14.8. The molecule has 13 heteroatoms. The number of hydrogen-bond acceptors (Lipinski definition) is 13. The van der Waals surface area contributed by atoms with E-state index in [1.165, 1.54) is 0 Å². The van der Waals surface area contributed by atoms with Gasteiger partial charge in [0.2, 0.25) is 0 Å². The zero-order chi connectivity index (χ0) is 24.7. The lowest BCUT2D eigenvalue weighted by Crippen LogP contribution is -2.64. The lowest BCUT2D eigenvalue weighted by molar-refractivity contribution is -0.376. The van der Waals surface area contributed by atoms with E-state index in [0.717, 1.165) is 0 Å². The number of hydrogen-bond donors (Lipinski definition) is 6. The molecule has 0 aromatic heterocycles. The Kier molecular flexibility index (Phi) is 10.9. The van der Waals surface area contributed by atoms with Crippen LogP contribution in [-0.4, -0.2) is 117 Å². The third-order valence-electron chi connectivity index (χ3n) is 5.33. The van der Waals surface area contributed by atoms with Crippen LogP contribution in [-0.2, 0) is 33.3 Å². The predicted molar refractivity (Wildman–Crippen MR) is 106 cm³/mol. The fourth-order valence-electron chi connectivity index (χ4n) is 3.37. The fourth-order valence-corrected chi connectivity index (χ4v) is 3.37. The summed E-state index contributed by atoms with van der Waals surface area (Å²) in [5, 5.41) is 61.0. The standard InChI is InChI=1S/C20H34O13/c1-3-5-11(21)29-7-9-13(23)15(25)17(27)19(31-9)33-20-18(28)16(26)14(24)10(32-20)8-30-12(22)6-4-2/h9-10,13-20,23-28H,3-8H2,1-2H3/t9-,10-,13-,14-,15+,16+,17-,18-,19-,20-/m1/s1. The molecule has 33 heavy (non-hydrogen) atoms. The number of aliphatic hydroxyl groups excluding tert-OH is 6. The molecule has 0 aliphatic carbocycles. The summed E-state index contributed by atoms with van der Waals surface area (Å²) < 4.78 is 26.2. The Morgan fingerprint density at radius 3 is 1.33 bits per heavy atom. The quantitative estimate of drug-likeness (QED) is 0.176. The number of ether oxygens (including phenoxy) is 5. The van der Waals surface area contributed by atoms with Crippen molar-refractivity contribution in [3.05, 3.63) is 0 Å². The van der Waals surface area contributed by atoms with Crippen LogP contribution in [0.25, 0.3) is 0 Å². The Bertz CT molecular complexity index is 579. The van der Waals surface area contributed by atoms with Crippen molar-refractivity contribution in [1.29, 1.82) is 0 Å². The number of carbonyl (C=O) groups is 2. The molecule has 0 saturated carbocycles. The molecule has 0 unspecified atom stereocenters. The molecule has 0 radical (unpaired) electrons. The van der Waals surface area contributed by atoms with Gasteiger partial charge in [-0.05, 0) is 12.8 Å². The van der Waals surface area contributed by atoms with Crippen LogP contribution in [0.2, 0.25) is 0 Å². The summed E-state index contributed by atoms with van der Waals surface area (Å²) in [5.74, 6) is -1.09. The van der Waals surface area contributed by atoms with Crippen molar-refractivity contribution in [3.63, 3.8) is 0 Å². The van der Waals surface area contributed by atoms with Crippen LogP contribution in [0.4, 0.5) is 0 Å². The average Bonchev–Trinajstić information content (AvgIpc) is 2.78. The van der Waals surface area contributed by atoms with E-state index in [1.807, 2.05) is 0 Å². The number of esters is 2. The van der Waals surface area contributed by atoms with E-state index >= 15 is 0 Å². The van der Waals surface area contributed by atoms with Gasteiger partial charge in [0.25, 0.3) is 0 Å². The minimum atomic E-state index is -1.79. The first-order valence-corrected chi connectivity index (χ1v) is 11.0. The molecular weight excluding hydrogens is 448 g/mol. The SMILES string of the molecule is CCCC(=O)OC[C@H]1O[C@H](O[C@H]2O[C@H](COC(=O)CCC)[C@@H](O)[C@H](O)[C@H]2O)[C@H](O)[C@@H](O)[C@@H]1O. The lowest BCUT2D eigenvalue weighted by Gasteiger charge is -2.44.